The largest absolute Gasteiger partial charge is 0.477 e. The molecule has 62 valence electrons. The summed E-state index contributed by atoms with van der Waals surface area (Å²) in [6, 6.07) is 3.29. The number of thiophene rings is 1. The molecule has 0 aliphatic rings. The smallest absolute Gasteiger partial charge is 0.345 e. The van der Waals surface area contributed by atoms with E-state index in [0.717, 1.165) is 0 Å². The van der Waals surface area contributed by atoms with Crippen LogP contribution in [-0.2, 0) is 0 Å². The zero-order valence-corrected chi connectivity index (χ0v) is 7.79. The second-order valence-electron chi connectivity index (χ2n) is 1.38. The molecule has 0 unspecified atom stereocenters. The van der Waals surface area contributed by atoms with Gasteiger partial charge in [-0.3, -0.25) is 0 Å². The van der Waals surface area contributed by atoms with Crippen LogP contribution < -0.4 is 0 Å². The molecule has 1 N–H and O–H groups in total. The third-order valence-electron chi connectivity index (χ3n) is 0.732. The summed E-state index contributed by atoms with van der Waals surface area (Å²) in [7, 11) is 0. The summed E-state index contributed by atoms with van der Waals surface area (Å²) >= 11 is 10.8. The lowest BCUT2D eigenvalue weighted by Crippen LogP contribution is -1.89. The highest BCUT2D eigenvalue weighted by Gasteiger charge is 1.99. The molecule has 2 nitrogen and oxygen atoms in total. The number of carboxylic acid groups (broad SMARTS) is 1. The van der Waals surface area contributed by atoms with Crippen molar-refractivity contribution in [2.24, 2.45) is 0 Å². The monoisotopic (exact) mass is 212 g/mol. The first kappa shape index (κ1) is 10.8. The van der Waals surface area contributed by atoms with Crippen molar-refractivity contribution in [3.05, 3.63) is 22.4 Å². The SMILES string of the molecule is ClCCl.O=C(O)c1cccs1. The average Bonchev–Trinajstić information content (AvgIpc) is 2.38. The van der Waals surface area contributed by atoms with E-state index in [9.17, 15) is 4.79 Å². The van der Waals surface area contributed by atoms with Gasteiger partial charge in [0.1, 0.15) is 4.88 Å². The predicted molar refractivity (Wildman–Crippen MR) is 47.9 cm³/mol. The Balaban J connectivity index is 0.000000292. The van der Waals surface area contributed by atoms with E-state index in [2.05, 4.69) is 0 Å². The summed E-state index contributed by atoms with van der Waals surface area (Å²) in [6.07, 6.45) is 0. The molecule has 0 radical (unpaired) electrons. The van der Waals surface area contributed by atoms with E-state index in [1.165, 1.54) is 11.3 Å². The van der Waals surface area contributed by atoms with Crippen LogP contribution in [0.25, 0.3) is 0 Å². The Morgan fingerprint density at radius 1 is 1.64 bits per heavy atom. The third kappa shape index (κ3) is 5.07. The summed E-state index contributed by atoms with van der Waals surface area (Å²) < 4.78 is 0. The maximum Gasteiger partial charge on any atom is 0.345 e. The molecule has 0 aromatic carbocycles. The molecule has 0 saturated heterocycles. The van der Waals surface area contributed by atoms with Crippen LogP contribution in [0.15, 0.2) is 17.5 Å². The molecule has 0 bridgehead atoms. The number of hydrogen-bond donors (Lipinski definition) is 1. The molecule has 1 rings (SSSR count). The van der Waals surface area contributed by atoms with Crippen LogP contribution in [0, 0.1) is 0 Å². The molecule has 1 aromatic rings. The molecule has 0 aliphatic carbocycles. The highest BCUT2D eigenvalue weighted by molar-refractivity contribution is 7.11. The van der Waals surface area contributed by atoms with E-state index in [1.807, 2.05) is 0 Å². The zero-order chi connectivity index (χ0) is 8.69. The van der Waals surface area contributed by atoms with Crippen LogP contribution in [0.3, 0.4) is 0 Å². The van der Waals surface area contributed by atoms with Crippen molar-refractivity contribution in [1.82, 2.24) is 0 Å². The van der Waals surface area contributed by atoms with Gasteiger partial charge in [-0.25, -0.2) is 4.79 Å². The lowest BCUT2D eigenvalue weighted by molar-refractivity contribution is 0.0702. The quantitative estimate of drug-likeness (QED) is 0.728. The summed E-state index contributed by atoms with van der Waals surface area (Å²) in [5, 5.41) is 10.2. The highest BCUT2D eigenvalue weighted by atomic mass is 35.5. The second kappa shape index (κ2) is 6.46. The highest BCUT2D eigenvalue weighted by Crippen LogP contribution is 2.06. The van der Waals surface area contributed by atoms with Crippen molar-refractivity contribution in [3.63, 3.8) is 0 Å². The molecule has 1 aromatic heterocycles. The van der Waals surface area contributed by atoms with E-state index >= 15 is 0 Å². The van der Waals surface area contributed by atoms with Gasteiger partial charge in [-0.15, -0.1) is 34.5 Å². The minimum absolute atomic E-state index is 0.194. The second-order valence-corrected chi connectivity index (χ2v) is 3.14. The molecular formula is C6H6Cl2O2S. The van der Waals surface area contributed by atoms with Crippen LogP contribution in [-0.4, -0.2) is 16.4 Å². The molecule has 0 amide bonds. The molecule has 0 saturated carbocycles. The number of hydrogen-bond acceptors (Lipinski definition) is 2. The summed E-state index contributed by atoms with van der Waals surface area (Å²) in [6.45, 7) is 0. The van der Waals surface area contributed by atoms with Gasteiger partial charge in [-0.1, -0.05) is 6.07 Å². The van der Waals surface area contributed by atoms with Crippen molar-refractivity contribution < 1.29 is 9.90 Å². The Morgan fingerprint density at radius 2 is 2.18 bits per heavy atom. The van der Waals surface area contributed by atoms with Gasteiger partial charge in [0, 0.05) is 0 Å². The molecule has 0 spiro atoms. The zero-order valence-electron chi connectivity index (χ0n) is 5.46. The van der Waals surface area contributed by atoms with Gasteiger partial charge < -0.3 is 5.11 Å². The summed E-state index contributed by atoms with van der Waals surface area (Å²) in [5.41, 5.74) is 0. The van der Waals surface area contributed by atoms with E-state index in [0.29, 0.717) is 4.88 Å². The topological polar surface area (TPSA) is 37.3 Å². The number of halogens is 2. The van der Waals surface area contributed by atoms with E-state index in [4.69, 9.17) is 28.3 Å². The summed E-state index contributed by atoms with van der Waals surface area (Å²) in [4.78, 5) is 10.5. The Bertz CT molecular complexity index is 198. The summed E-state index contributed by atoms with van der Waals surface area (Å²) in [5.74, 6) is -0.847. The van der Waals surface area contributed by atoms with Crippen molar-refractivity contribution in [2.75, 3.05) is 5.34 Å². The van der Waals surface area contributed by atoms with Gasteiger partial charge in [0.2, 0.25) is 0 Å². The van der Waals surface area contributed by atoms with Gasteiger partial charge in [-0.05, 0) is 11.4 Å². The van der Waals surface area contributed by atoms with Gasteiger partial charge >= 0.3 is 5.97 Å². The first-order chi connectivity index (χ1) is 5.22. The molecule has 0 aliphatic heterocycles. The Hall–Kier alpha value is -0.250. The van der Waals surface area contributed by atoms with Crippen LogP contribution in [0.5, 0.6) is 0 Å². The Labute approximate surface area is 78.4 Å². The van der Waals surface area contributed by atoms with E-state index in [1.54, 1.807) is 17.5 Å². The molecule has 1 heterocycles. The molecular weight excluding hydrogens is 207 g/mol. The van der Waals surface area contributed by atoms with Gasteiger partial charge in [0.15, 0.2) is 0 Å². The number of rotatable bonds is 1. The maximum atomic E-state index is 10.1. The van der Waals surface area contributed by atoms with Crippen molar-refractivity contribution in [2.45, 2.75) is 0 Å². The van der Waals surface area contributed by atoms with Crippen LogP contribution in [0.4, 0.5) is 0 Å². The average molecular weight is 213 g/mol. The molecule has 0 atom stereocenters. The van der Waals surface area contributed by atoms with Crippen LogP contribution in [0.2, 0.25) is 0 Å². The Kier molecular flexibility index (Phi) is 6.31. The standard InChI is InChI=1S/C5H4O2S.CH2Cl2/c6-5(7)4-2-1-3-8-4;2-1-3/h1-3H,(H,6,7);1H2. The third-order valence-corrected chi connectivity index (χ3v) is 1.59. The normalized spacial score (nSPS) is 8.18. The molecule has 5 heteroatoms. The first-order valence-corrected chi connectivity index (χ1v) is 4.56. The van der Waals surface area contributed by atoms with E-state index < -0.39 is 5.97 Å². The number of carbonyl (C=O) groups is 1. The molecule has 0 fully saturated rings. The number of aromatic carboxylic acids is 1. The lowest BCUT2D eigenvalue weighted by atomic mass is 10.5. The number of alkyl halides is 2. The fourth-order valence-corrected chi connectivity index (χ4v) is 0.962. The maximum absolute atomic E-state index is 10.1. The lowest BCUT2D eigenvalue weighted by Gasteiger charge is -1.78. The van der Waals surface area contributed by atoms with Gasteiger partial charge in [0.25, 0.3) is 0 Å². The van der Waals surface area contributed by atoms with Crippen molar-refractivity contribution in [1.29, 1.82) is 0 Å². The van der Waals surface area contributed by atoms with Crippen molar-refractivity contribution >= 4 is 40.5 Å². The van der Waals surface area contributed by atoms with Crippen molar-refractivity contribution in [3.8, 4) is 0 Å². The number of carboxylic acids is 1. The van der Waals surface area contributed by atoms with Gasteiger partial charge in [0.05, 0.1) is 5.34 Å². The molecule has 11 heavy (non-hydrogen) atoms. The fraction of sp³-hybridized carbons (Fsp3) is 0.167. The van der Waals surface area contributed by atoms with Gasteiger partial charge in [-0.2, -0.15) is 0 Å². The Morgan fingerprint density at radius 3 is 2.36 bits per heavy atom. The van der Waals surface area contributed by atoms with Crippen LogP contribution in [0.1, 0.15) is 9.67 Å². The first-order valence-electron chi connectivity index (χ1n) is 2.61. The fourth-order valence-electron chi connectivity index (χ4n) is 0.400. The minimum atomic E-state index is -0.847. The predicted octanol–water partition coefficient (Wildman–Crippen LogP) is 2.87. The van der Waals surface area contributed by atoms with E-state index in [-0.39, 0.29) is 5.34 Å². The van der Waals surface area contributed by atoms with Crippen LogP contribution >= 0.6 is 34.5 Å². The minimum Gasteiger partial charge on any atom is -0.477 e.